The number of carbonyl (C=O) groups is 2. The molecule has 2 aliphatic rings. The van der Waals surface area contributed by atoms with Crippen LogP contribution in [-0.4, -0.2) is 67.2 Å². The van der Waals surface area contributed by atoms with E-state index < -0.39 is 46.5 Å². The van der Waals surface area contributed by atoms with E-state index in [4.69, 9.17) is 0 Å². The van der Waals surface area contributed by atoms with Crippen LogP contribution in [0.4, 0.5) is 13.2 Å². The van der Waals surface area contributed by atoms with Gasteiger partial charge in [-0.2, -0.15) is 17.5 Å². The first-order valence-corrected chi connectivity index (χ1v) is 6.72. The van der Waals surface area contributed by atoms with Crippen LogP contribution in [-0.2, 0) is 19.6 Å². The molecule has 108 valence electrons. The van der Waals surface area contributed by atoms with Gasteiger partial charge >= 0.3 is 15.5 Å². The average molecular weight is 301 g/mol. The van der Waals surface area contributed by atoms with Crippen molar-refractivity contribution in [1.82, 2.24) is 14.5 Å². The fourth-order valence-corrected chi connectivity index (χ4v) is 2.98. The molecule has 2 saturated heterocycles. The lowest BCUT2D eigenvalue weighted by Crippen LogP contribution is -2.67. The molecule has 2 fully saturated rings. The van der Waals surface area contributed by atoms with Crippen molar-refractivity contribution in [2.75, 3.05) is 26.2 Å². The van der Waals surface area contributed by atoms with Gasteiger partial charge in [-0.1, -0.05) is 0 Å². The molecule has 0 aromatic rings. The van der Waals surface area contributed by atoms with E-state index in [1.54, 1.807) is 0 Å². The lowest BCUT2D eigenvalue weighted by molar-refractivity contribution is -0.148. The predicted octanol–water partition coefficient (Wildman–Crippen LogP) is -1.52. The molecule has 1 atom stereocenters. The van der Waals surface area contributed by atoms with Crippen LogP contribution in [0.2, 0.25) is 0 Å². The Morgan fingerprint density at radius 3 is 2.42 bits per heavy atom. The second-order valence-electron chi connectivity index (χ2n) is 4.13. The molecule has 2 amide bonds. The Labute approximate surface area is 106 Å². The van der Waals surface area contributed by atoms with Crippen molar-refractivity contribution in [2.24, 2.45) is 0 Å². The molecule has 2 heterocycles. The summed E-state index contributed by atoms with van der Waals surface area (Å²) >= 11 is 0. The van der Waals surface area contributed by atoms with Crippen LogP contribution >= 0.6 is 0 Å². The first kappa shape index (κ1) is 14.1. The summed E-state index contributed by atoms with van der Waals surface area (Å²) in [5.74, 6) is -1.09. The minimum atomic E-state index is -5.48. The number of piperazine rings is 2. The van der Waals surface area contributed by atoms with E-state index in [9.17, 15) is 31.2 Å². The van der Waals surface area contributed by atoms with Gasteiger partial charge in [-0.05, 0) is 0 Å². The highest BCUT2D eigenvalue weighted by molar-refractivity contribution is 7.90. The van der Waals surface area contributed by atoms with E-state index in [-0.39, 0.29) is 17.4 Å². The van der Waals surface area contributed by atoms with Gasteiger partial charge in [0.15, 0.2) is 0 Å². The van der Waals surface area contributed by atoms with Crippen molar-refractivity contribution >= 4 is 21.8 Å². The number of amides is 2. The smallest absolute Gasteiger partial charge is 0.345 e. The molecular formula is C8H10F3N3O4S. The number of halogens is 3. The van der Waals surface area contributed by atoms with Crippen molar-refractivity contribution in [1.29, 1.82) is 0 Å². The highest BCUT2D eigenvalue weighted by atomic mass is 32.2. The van der Waals surface area contributed by atoms with E-state index in [0.29, 0.717) is 0 Å². The van der Waals surface area contributed by atoms with Crippen molar-refractivity contribution in [2.45, 2.75) is 11.6 Å². The maximum atomic E-state index is 12.4. The summed E-state index contributed by atoms with van der Waals surface area (Å²) in [5.41, 5.74) is -5.41. The number of sulfonamides is 1. The Kier molecular flexibility index (Phi) is 3.21. The molecule has 0 spiro atoms. The monoisotopic (exact) mass is 301 g/mol. The second-order valence-corrected chi connectivity index (χ2v) is 6.06. The summed E-state index contributed by atoms with van der Waals surface area (Å²) in [6, 6.07) is -1.20. The van der Waals surface area contributed by atoms with E-state index >= 15 is 0 Å². The zero-order chi connectivity index (χ0) is 14.4. The minimum Gasteiger partial charge on any atom is -0.345 e. The van der Waals surface area contributed by atoms with Gasteiger partial charge < -0.3 is 10.2 Å². The van der Waals surface area contributed by atoms with Crippen molar-refractivity contribution in [3.05, 3.63) is 0 Å². The standard InChI is InChI=1S/C8H10F3N3O4S/c9-8(10,11)19(17,18)13-1-2-14-5(4-13)7(16)12-3-6(14)15/h5H,1-4H2,(H,12,16). The molecule has 1 N–H and O–H groups in total. The Morgan fingerprint density at radius 2 is 1.84 bits per heavy atom. The SMILES string of the molecule is O=C1NCC(=O)N2CCN(S(=O)(=O)C(F)(F)F)CC12. The molecule has 0 radical (unpaired) electrons. The van der Waals surface area contributed by atoms with Crippen molar-refractivity contribution < 1.29 is 31.2 Å². The Hall–Kier alpha value is -1.36. The summed E-state index contributed by atoms with van der Waals surface area (Å²) in [4.78, 5) is 24.0. The maximum Gasteiger partial charge on any atom is 0.511 e. The summed E-state index contributed by atoms with van der Waals surface area (Å²) in [7, 11) is -5.48. The number of hydrogen-bond donors (Lipinski definition) is 1. The number of hydrogen-bond acceptors (Lipinski definition) is 4. The number of nitrogens with zero attached hydrogens (tertiary/aromatic N) is 2. The molecule has 1 unspecified atom stereocenters. The van der Waals surface area contributed by atoms with Gasteiger partial charge in [0, 0.05) is 19.6 Å². The molecule has 0 aliphatic carbocycles. The molecular weight excluding hydrogens is 291 g/mol. The van der Waals surface area contributed by atoms with E-state index in [0.717, 1.165) is 4.90 Å². The topological polar surface area (TPSA) is 86.8 Å². The van der Waals surface area contributed by atoms with E-state index in [2.05, 4.69) is 5.32 Å². The third kappa shape index (κ3) is 2.27. The zero-order valence-corrected chi connectivity index (χ0v) is 10.3. The van der Waals surface area contributed by atoms with Gasteiger partial charge in [0.1, 0.15) is 6.04 Å². The molecule has 19 heavy (non-hydrogen) atoms. The third-order valence-electron chi connectivity index (χ3n) is 3.01. The normalized spacial score (nSPS) is 26.1. The molecule has 2 aliphatic heterocycles. The van der Waals surface area contributed by atoms with Gasteiger partial charge in [-0.25, -0.2) is 8.42 Å². The predicted molar refractivity (Wildman–Crippen MR) is 55.1 cm³/mol. The van der Waals surface area contributed by atoms with Crippen LogP contribution in [0.25, 0.3) is 0 Å². The Morgan fingerprint density at radius 1 is 1.21 bits per heavy atom. The molecule has 7 nitrogen and oxygen atoms in total. The van der Waals surface area contributed by atoms with Gasteiger partial charge in [-0.15, -0.1) is 0 Å². The lowest BCUT2D eigenvalue weighted by atomic mass is 10.1. The lowest BCUT2D eigenvalue weighted by Gasteiger charge is -2.42. The van der Waals surface area contributed by atoms with E-state index in [1.807, 2.05) is 0 Å². The molecule has 2 rings (SSSR count). The van der Waals surface area contributed by atoms with Gasteiger partial charge in [-0.3, -0.25) is 9.59 Å². The van der Waals surface area contributed by atoms with Crippen molar-refractivity contribution in [3.8, 4) is 0 Å². The van der Waals surface area contributed by atoms with Crippen LogP contribution in [0.3, 0.4) is 0 Å². The first-order chi connectivity index (χ1) is 8.64. The second kappa shape index (κ2) is 4.34. The van der Waals surface area contributed by atoms with E-state index in [1.165, 1.54) is 0 Å². The number of alkyl halides is 3. The van der Waals surface area contributed by atoms with Crippen LogP contribution < -0.4 is 5.32 Å². The zero-order valence-electron chi connectivity index (χ0n) is 9.48. The van der Waals surface area contributed by atoms with Crippen LogP contribution in [0, 0.1) is 0 Å². The summed E-state index contributed by atoms with van der Waals surface area (Å²) in [6.45, 7) is -1.61. The highest BCUT2D eigenvalue weighted by Gasteiger charge is 2.53. The number of carbonyl (C=O) groups excluding carboxylic acids is 2. The molecule has 0 saturated carbocycles. The average Bonchev–Trinajstić information content (AvgIpc) is 2.32. The highest BCUT2D eigenvalue weighted by Crippen LogP contribution is 2.28. The van der Waals surface area contributed by atoms with Crippen molar-refractivity contribution in [3.63, 3.8) is 0 Å². The molecule has 0 aromatic carbocycles. The fraction of sp³-hybridized carbons (Fsp3) is 0.750. The van der Waals surface area contributed by atoms with Crippen LogP contribution in [0.15, 0.2) is 0 Å². The summed E-state index contributed by atoms with van der Waals surface area (Å²) in [5, 5.41) is 2.21. The maximum absolute atomic E-state index is 12.4. The number of rotatable bonds is 1. The largest absolute Gasteiger partial charge is 0.511 e. The first-order valence-electron chi connectivity index (χ1n) is 5.28. The Bertz CT molecular complexity index is 518. The van der Waals surface area contributed by atoms with Crippen LogP contribution in [0.1, 0.15) is 0 Å². The fourth-order valence-electron chi connectivity index (χ4n) is 2.03. The molecule has 11 heteroatoms. The van der Waals surface area contributed by atoms with Gasteiger partial charge in [0.05, 0.1) is 6.54 Å². The van der Waals surface area contributed by atoms with Crippen LogP contribution in [0.5, 0.6) is 0 Å². The quantitative estimate of drug-likeness (QED) is 0.637. The number of fused-ring (bicyclic) bond motifs is 1. The Balaban J connectivity index is 2.23. The number of nitrogens with one attached hydrogen (secondary N) is 1. The minimum absolute atomic E-state index is 0.187. The summed E-state index contributed by atoms with van der Waals surface area (Å²) in [6.07, 6.45) is 0. The van der Waals surface area contributed by atoms with Gasteiger partial charge in [0.2, 0.25) is 11.8 Å². The molecule has 0 bridgehead atoms. The van der Waals surface area contributed by atoms with Gasteiger partial charge in [0.25, 0.3) is 0 Å². The third-order valence-corrected chi connectivity index (χ3v) is 4.61. The summed E-state index contributed by atoms with van der Waals surface area (Å²) < 4.78 is 59.9. The molecule has 0 aromatic heterocycles.